The highest BCUT2D eigenvalue weighted by atomic mass is 32.2. The van der Waals surface area contributed by atoms with E-state index in [-0.39, 0.29) is 23.5 Å². The van der Waals surface area contributed by atoms with E-state index in [9.17, 15) is 13.2 Å². The zero-order valence-electron chi connectivity index (χ0n) is 12.4. The van der Waals surface area contributed by atoms with Gasteiger partial charge in [-0.1, -0.05) is 36.1 Å². The number of carbonyl (C=O) groups is 1. The van der Waals surface area contributed by atoms with E-state index in [1.165, 1.54) is 16.7 Å². The van der Waals surface area contributed by atoms with E-state index in [0.717, 1.165) is 5.56 Å². The van der Waals surface area contributed by atoms with Gasteiger partial charge in [0.05, 0.1) is 29.6 Å². The number of hydrogen-bond donors (Lipinski definition) is 0. The highest BCUT2D eigenvalue weighted by Crippen LogP contribution is 2.36. The maximum atomic E-state index is 12.6. The van der Waals surface area contributed by atoms with Crippen LogP contribution in [0, 0.1) is 0 Å². The summed E-state index contributed by atoms with van der Waals surface area (Å²) in [5.41, 5.74) is 0.837. The molecule has 2 heterocycles. The number of thiocarbonyl (C=S) groups is 1. The summed E-state index contributed by atoms with van der Waals surface area (Å²) in [6, 6.07) is 7.02. The molecular formula is C15H15NO4S3. The Balaban J connectivity index is 1.85. The number of sulfone groups is 1. The van der Waals surface area contributed by atoms with Crippen molar-refractivity contribution in [3.8, 4) is 5.75 Å². The zero-order valence-corrected chi connectivity index (χ0v) is 14.8. The largest absolute Gasteiger partial charge is 0.497 e. The third-order valence-corrected chi connectivity index (χ3v) is 6.87. The van der Waals surface area contributed by atoms with Gasteiger partial charge in [-0.3, -0.25) is 9.69 Å². The van der Waals surface area contributed by atoms with Crippen LogP contribution in [0.25, 0.3) is 6.08 Å². The number of amides is 1. The number of nitrogens with zero attached hydrogens (tertiary/aromatic N) is 1. The van der Waals surface area contributed by atoms with Crippen molar-refractivity contribution in [2.45, 2.75) is 12.5 Å². The van der Waals surface area contributed by atoms with Crippen LogP contribution in [0.4, 0.5) is 0 Å². The van der Waals surface area contributed by atoms with E-state index in [1.807, 2.05) is 24.3 Å². The van der Waals surface area contributed by atoms with E-state index < -0.39 is 9.84 Å². The summed E-state index contributed by atoms with van der Waals surface area (Å²) in [5.74, 6) is 0.594. The molecule has 0 spiro atoms. The minimum atomic E-state index is -3.06. The van der Waals surface area contributed by atoms with Gasteiger partial charge in [0.1, 0.15) is 10.1 Å². The van der Waals surface area contributed by atoms with E-state index in [1.54, 1.807) is 13.2 Å². The summed E-state index contributed by atoms with van der Waals surface area (Å²) in [4.78, 5) is 14.6. The average Bonchev–Trinajstić information content (AvgIpc) is 2.99. The van der Waals surface area contributed by atoms with Crippen LogP contribution in [0.3, 0.4) is 0 Å². The van der Waals surface area contributed by atoms with Gasteiger partial charge in [-0.15, -0.1) is 0 Å². The number of rotatable bonds is 3. The zero-order chi connectivity index (χ0) is 16.6. The first kappa shape index (κ1) is 16.5. The lowest BCUT2D eigenvalue weighted by atomic mass is 10.2. The molecule has 0 N–H and O–H groups in total. The number of benzene rings is 1. The van der Waals surface area contributed by atoms with Crippen LogP contribution in [0.15, 0.2) is 29.2 Å². The fourth-order valence-electron chi connectivity index (χ4n) is 2.66. The summed E-state index contributed by atoms with van der Waals surface area (Å²) in [7, 11) is -1.48. The molecule has 3 rings (SSSR count). The van der Waals surface area contributed by atoms with Gasteiger partial charge in [0, 0.05) is 0 Å². The summed E-state index contributed by atoms with van der Waals surface area (Å²) < 4.78 is 28.9. The van der Waals surface area contributed by atoms with E-state index in [2.05, 4.69) is 0 Å². The molecule has 2 fully saturated rings. The fraction of sp³-hybridized carbons (Fsp3) is 0.333. The van der Waals surface area contributed by atoms with Gasteiger partial charge in [-0.25, -0.2) is 8.42 Å². The predicted molar refractivity (Wildman–Crippen MR) is 95.1 cm³/mol. The smallest absolute Gasteiger partial charge is 0.266 e. The van der Waals surface area contributed by atoms with E-state index in [4.69, 9.17) is 17.0 Å². The molecule has 122 valence electrons. The van der Waals surface area contributed by atoms with Gasteiger partial charge < -0.3 is 4.74 Å². The van der Waals surface area contributed by atoms with Crippen molar-refractivity contribution in [2.24, 2.45) is 0 Å². The van der Waals surface area contributed by atoms with E-state index in [0.29, 0.717) is 21.4 Å². The average molecular weight is 369 g/mol. The third-order valence-electron chi connectivity index (χ3n) is 3.79. The number of carbonyl (C=O) groups excluding carboxylic acids is 1. The second kappa shape index (κ2) is 6.26. The molecule has 1 aromatic carbocycles. The Morgan fingerprint density at radius 3 is 2.87 bits per heavy atom. The normalized spacial score (nSPS) is 25.3. The second-order valence-corrected chi connectivity index (χ2v) is 9.29. The predicted octanol–water partition coefficient (Wildman–Crippen LogP) is 2.08. The maximum Gasteiger partial charge on any atom is 0.266 e. The molecule has 2 aliphatic rings. The molecule has 0 saturated carbocycles. The summed E-state index contributed by atoms with van der Waals surface area (Å²) >= 11 is 6.49. The second-order valence-electron chi connectivity index (χ2n) is 5.39. The number of thioether (sulfide) groups is 1. The molecule has 8 heteroatoms. The Kier molecular flexibility index (Phi) is 4.48. The van der Waals surface area contributed by atoms with Crippen LogP contribution in [0.1, 0.15) is 12.0 Å². The molecule has 2 aliphatic heterocycles. The third kappa shape index (κ3) is 3.44. The summed E-state index contributed by atoms with van der Waals surface area (Å²) in [6.45, 7) is 0. The van der Waals surface area contributed by atoms with Gasteiger partial charge in [-0.05, 0) is 30.2 Å². The Hall–Kier alpha value is -1.38. The molecule has 0 aliphatic carbocycles. The maximum absolute atomic E-state index is 12.6. The van der Waals surface area contributed by atoms with Gasteiger partial charge in [-0.2, -0.15) is 0 Å². The number of ether oxygens (including phenoxy) is 1. The Bertz CT molecular complexity index is 801. The van der Waals surface area contributed by atoms with Crippen LogP contribution < -0.4 is 4.74 Å². The van der Waals surface area contributed by atoms with Crippen LogP contribution in [-0.2, 0) is 14.6 Å². The van der Waals surface area contributed by atoms with Gasteiger partial charge in [0.15, 0.2) is 9.84 Å². The van der Waals surface area contributed by atoms with Crippen molar-refractivity contribution < 1.29 is 17.9 Å². The lowest BCUT2D eigenvalue weighted by molar-refractivity contribution is -0.123. The first-order valence-corrected chi connectivity index (χ1v) is 10.1. The highest BCUT2D eigenvalue weighted by Gasteiger charge is 2.42. The lowest BCUT2D eigenvalue weighted by Gasteiger charge is -2.20. The van der Waals surface area contributed by atoms with E-state index >= 15 is 0 Å². The molecular weight excluding hydrogens is 354 g/mol. The van der Waals surface area contributed by atoms with Gasteiger partial charge in [0.2, 0.25) is 0 Å². The topological polar surface area (TPSA) is 63.7 Å². The van der Waals surface area contributed by atoms with Crippen LogP contribution in [0.2, 0.25) is 0 Å². The minimum Gasteiger partial charge on any atom is -0.497 e. The van der Waals surface area contributed by atoms with Crippen LogP contribution in [0.5, 0.6) is 5.75 Å². The number of methoxy groups -OCH3 is 1. The van der Waals surface area contributed by atoms with Crippen LogP contribution >= 0.6 is 24.0 Å². The Morgan fingerprint density at radius 1 is 1.43 bits per heavy atom. The highest BCUT2D eigenvalue weighted by molar-refractivity contribution is 8.26. The molecule has 5 nitrogen and oxygen atoms in total. The SMILES string of the molecule is COc1cccc(/C=C2/SC(=S)N([C@H]3CCS(=O)(=O)C3)C2=O)c1. The van der Waals surface area contributed by atoms with Crippen molar-refractivity contribution in [1.82, 2.24) is 4.90 Å². The minimum absolute atomic E-state index is 0.00806. The van der Waals surface area contributed by atoms with Crippen LogP contribution in [-0.4, -0.2) is 48.2 Å². The fourth-order valence-corrected chi connectivity index (χ4v) is 5.76. The molecule has 0 bridgehead atoms. The standard InChI is InChI=1S/C15H15NO4S3/c1-20-12-4-2-3-10(7-12)8-13-14(17)16(15(21)22-13)11-5-6-23(18,19)9-11/h2-4,7-8,11H,5-6,9H2,1H3/b13-8+/t11-/m0/s1. The first-order valence-electron chi connectivity index (χ1n) is 7.01. The Morgan fingerprint density at radius 2 is 2.22 bits per heavy atom. The molecule has 0 unspecified atom stereocenters. The van der Waals surface area contributed by atoms with Crippen molar-refractivity contribution in [3.63, 3.8) is 0 Å². The molecule has 2 saturated heterocycles. The summed E-state index contributed by atoms with van der Waals surface area (Å²) in [6.07, 6.45) is 2.20. The molecule has 23 heavy (non-hydrogen) atoms. The molecule has 0 aromatic heterocycles. The van der Waals surface area contributed by atoms with Gasteiger partial charge >= 0.3 is 0 Å². The molecule has 0 radical (unpaired) electrons. The van der Waals surface area contributed by atoms with Crippen molar-refractivity contribution in [1.29, 1.82) is 0 Å². The Labute approximate surface area is 144 Å². The van der Waals surface area contributed by atoms with Crippen molar-refractivity contribution in [3.05, 3.63) is 34.7 Å². The monoisotopic (exact) mass is 369 g/mol. The lowest BCUT2D eigenvalue weighted by Crippen LogP contribution is -2.39. The first-order chi connectivity index (χ1) is 10.9. The molecule has 1 aromatic rings. The number of hydrogen-bond acceptors (Lipinski definition) is 6. The quantitative estimate of drug-likeness (QED) is 0.600. The van der Waals surface area contributed by atoms with Crippen molar-refractivity contribution >= 4 is 50.1 Å². The molecule has 1 atom stereocenters. The summed E-state index contributed by atoms with van der Waals surface area (Å²) in [5, 5.41) is 0. The van der Waals surface area contributed by atoms with Gasteiger partial charge in [0.25, 0.3) is 5.91 Å². The molecule has 1 amide bonds. The van der Waals surface area contributed by atoms with Crippen molar-refractivity contribution in [2.75, 3.05) is 18.6 Å².